The van der Waals surface area contributed by atoms with Gasteiger partial charge >= 0.3 is 5.97 Å². The van der Waals surface area contributed by atoms with Crippen LogP contribution in [0.15, 0.2) is 28.7 Å². The van der Waals surface area contributed by atoms with Gasteiger partial charge in [0.1, 0.15) is 6.04 Å². The first-order valence-electron chi connectivity index (χ1n) is 4.84. The molecular formula is C11H14BrNO2. The van der Waals surface area contributed by atoms with Gasteiger partial charge in [0.05, 0.1) is 0 Å². The number of carbonyl (C=O) groups is 1. The molecule has 0 radical (unpaired) electrons. The second kappa shape index (κ2) is 5.88. The Labute approximate surface area is 97.6 Å². The first-order valence-corrected chi connectivity index (χ1v) is 5.63. The van der Waals surface area contributed by atoms with Crippen LogP contribution in [0.2, 0.25) is 0 Å². The van der Waals surface area contributed by atoms with Gasteiger partial charge in [-0.1, -0.05) is 35.0 Å². The average molecular weight is 272 g/mol. The molecule has 1 atom stereocenters. The van der Waals surface area contributed by atoms with E-state index in [0.29, 0.717) is 13.0 Å². The maximum atomic E-state index is 10.7. The summed E-state index contributed by atoms with van der Waals surface area (Å²) in [6.07, 6.45) is 0.587. The van der Waals surface area contributed by atoms with E-state index in [1.807, 2.05) is 31.2 Å². The van der Waals surface area contributed by atoms with E-state index in [1.165, 1.54) is 0 Å². The zero-order chi connectivity index (χ0) is 11.3. The lowest BCUT2D eigenvalue weighted by molar-refractivity contribution is -0.139. The maximum Gasteiger partial charge on any atom is 0.320 e. The van der Waals surface area contributed by atoms with Crippen molar-refractivity contribution in [3.8, 4) is 0 Å². The van der Waals surface area contributed by atoms with Crippen LogP contribution in [-0.4, -0.2) is 17.1 Å². The molecule has 4 heteroatoms. The van der Waals surface area contributed by atoms with E-state index >= 15 is 0 Å². The Balaban J connectivity index is 2.52. The third-order valence-corrected chi connectivity index (χ3v) is 2.64. The summed E-state index contributed by atoms with van der Waals surface area (Å²) in [4.78, 5) is 10.7. The van der Waals surface area contributed by atoms with Gasteiger partial charge in [0.25, 0.3) is 0 Å². The zero-order valence-electron chi connectivity index (χ0n) is 8.53. The fourth-order valence-electron chi connectivity index (χ4n) is 1.29. The highest BCUT2D eigenvalue weighted by Crippen LogP contribution is 2.11. The minimum absolute atomic E-state index is 0.469. The van der Waals surface area contributed by atoms with Crippen LogP contribution in [-0.2, 0) is 11.3 Å². The summed E-state index contributed by atoms with van der Waals surface area (Å²) in [6.45, 7) is 2.43. The number of rotatable bonds is 5. The van der Waals surface area contributed by atoms with Crippen LogP contribution in [0.25, 0.3) is 0 Å². The molecule has 2 N–H and O–H groups in total. The second-order valence-corrected chi connectivity index (χ2v) is 4.23. The van der Waals surface area contributed by atoms with E-state index in [0.717, 1.165) is 10.0 Å². The summed E-state index contributed by atoms with van der Waals surface area (Å²) in [5.41, 5.74) is 1.07. The lowest BCUT2D eigenvalue weighted by atomic mass is 10.2. The molecular weight excluding hydrogens is 258 g/mol. The van der Waals surface area contributed by atoms with Crippen molar-refractivity contribution in [3.63, 3.8) is 0 Å². The normalized spacial score (nSPS) is 12.4. The molecule has 0 saturated carbocycles. The summed E-state index contributed by atoms with van der Waals surface area (Å²) >= 11 is 3.37. The van der Waals surface area contributed by atoms with E-state index in [-0.39, 0.29) is 0 Å². The number of hydrogen-bond acceptors (Lipinski definition) is 2. The van der Waals surface area contributed by atoms with Gasteiger partial charge in [-0.05, 0) is 24.1 Å². The van der Waals surface area contributed by atoms with Crippen molar-refractivity contribution in [2.45, 2.75) is 25.9 Å². The zero-order valence-corrected chi connectivity index (χ0v) is 10.1. The minimum Gasteiger partial charge on any atom is -0.480 e. The van der Waals surface area contributed by atoms with Crippen LogP contribution < -0.4 is 5.32 Å². The van der Waals surface area contributed by atoms with Crippen LogP contribution >= 0.6 is 15.9 Å². The highest BCUT2D eigenvalue weighted by atomic mass is 79.9. The molecule has 1 unspecified atom stereocenters. The third kappa shape index (κ3) is 4.01. The van der Waals surface area contributed by atoms with Gasteiger partial charge in [0, 0.05) is 11.0 Å². The molecule has 82 valence electrons. The van der Waals surface area contributed by atoms with E-state index in [4.69, 9.17) is 5.11 Å². The van der Waals surface area contributed by atoms with Crippen molar-refractivity contribution in [2.75, 3.05) is 0 Å². The van der Waals surface area contributed by atoms with E-state index in [2.05, 4.69) is 21.2 Å². The number of benzene rings is 1. The predicted molar refractivity (Wildman–Crippen MR) is 62.7 cm³/mol. The molecule has 15 heavy (non-hydrogen) atoms. The molecule has 3 nitrogen and oxygen atoms in total. The number of hydrogen-bond donors (Lipinski definition) is 2. The van der Waals surface area contributed by atoms with Gasteiger partial charge in [-0.15, -0.1) is 0 Å². The summed E-state index contributed by atoms with van der Waals surface area (Å²) in [7, 11) is 0. The molecule has 1 aromatic rings. The number of carboxylic acid groups (broad SMARTS) is 1. The van der Waals surface area contributed by atoms with Crippen LogP contribution in [0.3, 0.4) is 0 Å². The largest absolute Gasteiger partial charge is 0.480 e. The van der Waals surface area contributed by atoms with Gasteiger partial charge in [0.15, 0.2) is 0 Å². The number of halogens is 1. The van der Waals surface area contributed by atoms with Crippen molar-refractivity contribution in [1.29, 1.82) is 0 Å². The molecule has 1 rings (SSSR count). The molecule has 0 saturated heterocycles. The van der Waals surface area contributed by atoms with Crippen molar-refractivity contribution < 1.29 is 9.90 Å². The Hall–Kier alpha value is -0.870. The van der Waals surface area contributed by atoms with Gasteiger partial charge in [0.2, 0.25) is 0 Å². The Morgan fingerprint density at radius 1 is 1.60 bits per heavy atom. The fourth-order valence-corrected chi connectivity index (χ4v) is 1.74. The van der Waals surface area contributed by atoms with E-state index < -0.39 is 12.0 Å². The van der Waals surface area contributed by atoms with E-state index in [1.54, 1.807) is 0 Å². The minimum atomic E-state index is -0.799. The van der Waals surface area contributed by atoms with Crippen molar-refractivity contribution in [1.82, 2.24) is 5.32 Å². The maximum absolute atomic E-state index is 10.7. The summed E-state index contributed by atoms with van der Waals surface area (Å²) in [5, 5.41) is 11.8. The Morgan fingerprint density at radius 3 is 2.87 bits per heavy atom. The predicted octanol–water partition coefficient (Wildman–Crippen LogP) is 2.40. The molecule has 0 amide bonds. The highest BCUT2D eigenvalue weighted by molar-refractivity contribution is 9.10. The second-order valence-electron chi connectivity index (χ2n) is 3.31. The molecule has 0 aliphatic rings. The lowest BCUT2D eigenvalue weighted by Gasteiger charge is -2.12. The molecule has 0 aliphatic heterocycles. The van der Waals surface area contributed by atoms with Crippen LogP contribution in [0.4, 0.5) is 0 Å². The van der Waals surface area contributed by atoms with Crippen LogP contribution in [0.1, 0.15) is 18.9 Å². The average Bonchev–Trinajstić information content (AvgIpc) is 2.18. The first-order chi connectivity index (χ1) is 7.13. The van der Waals surface area contributed by atoms with Crippen LogP contribution in [0.5, 0.6) is 0 Å². The Kier molecular flexibility index (Phi) is 4.78. The molecule has 0 spiro atoms. The number of nitrogens with one attached hydrogen (secondary N) is 1. The fraction of sp³-hybridized carbons (Fsp3) is 0.364. The molecule has 0 bridgehead atoms. The highest BCUT2D eigenvalue weighted by Gasteiger charge is 2.13. The SMILES string of the molecule is CCC(NCc1cccc(Br)c1)C(=O)O. The Bertz CT molecular complexity index is 341. The standard InChI is InChI=1S/C11H14BrNO2/c1-2-10(11(14)15)13-7-8-4-3-5-9(12)6-8/h3-6,10,13H,2,7H2,1H3,(H,14,15). The van der Waals surface area contributed by atoms with E-state index in [9.17, 15) is 4.79 Å². The monoisotopic (exact) mass is 271 g/mol. The molecule has 0 fully saturated rings. The summed E-state index contributed by atoms with van der Waals surface area (Å²) < 4.78 is 1.00. The lowest BCUT2D eigenvalue weighted by Crippen LogP contribution is -2.35. The molecule has 1 aromatic carbocycles. The Morgan fingerprint density at radius 2 is 2.33 bits per heavy atom. The van der Waals surface area contributed by atoms with Gasteiger partial charge in [-0.25, -0.2) is 0 Å². The molecule has 0 aromatic heterocycles. The van der Waals surface area contributed by atoms with Gasteiger partial charge in [-0.2, -0.15) is 0 Å². The molecule has 0 heterocycles. The smallest absolute Gasteiger partial charge is 0.320 e. The molecule has 0 aliphatic carbocycles. The topological polar surface area (TPSA) is 49.3 Å². The van der Waals surface area contributed by atoms with Crippen molar-refractivity contribution in [3.05, 3.63) is 34.3 Å². The number of carboxylic acids is 1. The van der Waals surface area contributed by atoms with Crippen LogP contribution in [0, 0.1) is 0 Å². The summed E-state index contributed by atoms with van der Waals surface area (Å²) in [6, 6.07) is 7.35. The first kappa shape index (κ1) is 12.2. The number of aliphatic carboxylic acids is 1. The third-order valence-electron chi connectivity index (χ3n) is 2.15. The van der Waals surface area contributed by atoms with Crippen molar-refractivity contribution in [2.24, 2.45) is 0 Å². The summed E-state index contributed by atoms with van der Waals surface area (Å²) in [5.74, 6) is -0.799. The quantitative estimate of drug-likeness (QED) is 0.865. The van der Waals surface area contributed by atoms with Gasteiger partial charge < -0.3 is 10.4 Å². The van der Waals surface area contributed by atoms with Gasteiger partial charge in [-0.3, -0.25) is 4.79 Å². The van der Waals surface area contributed by atoms with Crippen molar-refractivity contribution >= 4 is 21.9 Å².